The Labute approximate surface area is 155 Å². The number of benzene rings is 1. The van der Waals surface area contributed by atoms with Crippen LogP contribution in [0.3, 0.4) is 0 Å². The van der Waals surface area contributed by atoms with Gasteiger partial charge in [0.05, 0.1) is 19.9 Å². The second-order valence-electron chi connectivity index (χ2n) is 4.78. The SMILES string of the molecule is CNc1cc(N(C)C(=O)Nc2c(Cl)c(OC)cc(OC)c2Cl)ncn1. The third kappa shape index (κ3) is 3.97. The molecule has 2 rings (SSSR count). The Kier molecular flexibility index (Phi) is 6.11. The summed E-state index contributed by atoms with van der Waals surface area (Å²) in [4.78, 5) is 21.9. The molecule has 0 radical (unpaired) electrons. The van der Waals surface area contributed by atoms with Crippen LogP contribution in [0.15, 0.2) is 18.5 Å². The number of amides is 2. The minimum atomic E-state index is -0.500. The molecule has 2 N–H and O–H groups in total. The molecule has 1 aromatic heterocycles. The van der Waals surface area contributed by atoms with Crippen LogP contribution in [-0.4, -0.2) is 44.3 Å². The molecule has 0 fully saturated rings. The van der Waals surface area contributed by atoms with Crippen molar-refractivity contribution in [3.63, 3.8) is 0 Å². The van der Waals surface area contributed by atoms with Gasteiger partial charge in [-0.25, -0.2) is 14.8 Å². The zero-order valence-corrected chi connectivity index (χ0v) is 15.6. The predicted molar refractivity (Wildman–Crippen MR) is 98.6 cm³/mol. The lowest BCUT2D eigenvalue weighted by Crippen LogP contribution is -2.32. The van der Waals surface area contributed by atoms with E-state index in [0.717, 1.165) is 0 Å². The number of anilines is 3. The molecular weight excluding hydrogens is 369 g/mol. The van der Waals surface area contributed by atoms with Gasteiger partial charge >= 0.3 is 6.03 Å². The summed E-state index contributed by atoms with van der Waals surface area (Å²) in [6.45, 7) is 0. The van der Waals surface area contributed by atoms with Crippen LogP contribution in [0.2, 0.25) is 10.0 Å². The van der Waals surface area contributed by atoms with Crippen molar-refractivity contribution in [1.82, 2.24) is 9.97 Å². The van der Waals surface area contributed by atoms with Crippen molar-refractivity contribution in [3.8, 4) is 11.5 Å². The zero-order valence-electron chi connectivity index (χ0n) is 14.1. The first kappa shape index (κ1) is 18.9. The van der Waals surface area contributed by atoms with Crippen LogP contribution in [0.25, 0.3) is 0 Å². The number of aromatic nitrogens is 2. The van der Waals surface area contributed by atoms with Crippen molar-refractivity contribution in [3.05, 3.63) is 28.5 Å². The number of rotatable bonds is 5. The largest absolute Gasteiger partial charge is 0.495 e. The van der Waals surface area contributed by atoms with Crippen LogP contribution in [-0.2, 0) is 0 Å². The standard InChI is InChI=1S/C15H17Cl2N5O3/c1-18-10-6-11(20-7-19-10)22(2)15(23)21-14-12(16)8(24-3)5-9(25-4)13(14)17/h5-7H,1-4H3,(H,21,23)(H,18,19,20). The van der Waals surface area contributed by atoms with Crippen molar-refractivity contribution in [1.29, 1.82) is 0 Å². The van der Waals surface area contributed by atoms with E-state index in [1.807, 2.05) is 0 Å². The highest BCUT2D eigenvalue weighted by Gasteiger charge is 2.21. The van der Waals surface area contributed by atoms with E-state index in [4.69, 9.17) is 32.7 Å². The van der Waals surface area contributed by atoms with E-state index in [1.165, 1.54) is 31.5 Å². The lowest BCUT2D eigenvalue weighted by Gasteiger charge is -2.20. The monoisotopic (exact) mass is 385 g/mol. The predicted octanol–water partition coefficient (Wildman–Crippen LogP) is 3.51. The normalized spacial score (nSPS) is 10.2. The van der Waals surface area contributed by atoms with Crippen LogP contribution in [0.4, 0.5) is 22.1 Å². The van der Waals surface area contributed by atoms with Crippen LogP contribution in [0, 0.1) is 0 Å². The second kappa shape index (κ2) is 8.09. The van der Waals surface area contributed by atoms with E-state index in [9.17, 15) is 4.79 Å². The fourth-order valence-electron chi connectivity index (χ4n) is 1.96. The lowest BCUT2D eigenvalue weighted by atomic mass is 10.2. The number of hydrogen-bond donors (Lipinski definition) is 2. The van der Waals surface area contributed by atoms with Crippen molar-refractivity contribution >= 4 is 46.6 Å². The maximum absolute atomic E-state index is 12.6. The van der Waals surface area contributed by atoms with E-state index in [1.54, 1.807) is 20.2 Å². The Morgan fingerprint density at radius 2 is 1.72 bits per heavy atom. The van der Waals surface area contributed by atoms with Gasteiger partial charge in [0.1, 0.15) is 39.5 Å². The molecule has 0 spiro atoms. The average Bonchev–Trinajstić information content (AvgIpc) is 2.64. The van der Waals surface area contributed by atoms with Gasteiger partial charge in [0.25, 0.3) is 0 Å². The molecule has 0 bridgehead atoms. The number of nitrogens with one attached hydrogen (secondary N) is 2. The third-order valence-electron chi connectivity index (χ3n) is 3.36. The molecule has 25 heavy (non-hydrogen) atoms. The minimum Gasteiger partial charge on any atom is -0.495 e. The van der Waals surface area contributed by atoms with Crippen LogP contribution in [0.1, 0.15) is 0 Å². The molecule has 0 saturated heterocycles. The van der Waals surface area contributed by atoms with Crippen molar-refractivity contribution < 1.29 is 14.3 Å². The van der Waals surface area contributed by atoms with Gasteiger partial charge in [0, 0.05) is 26.2 Å². The number of nitrogens with zero attached hydrogens (tertiary/aromatic N) is 3. The third-order valence-corrected chi connectivity index (χ3v) is 4.11. The molecule has 134 valence electrons. The van der Waals surface area contributed by atoms with Crippen LogP contribution < -0.4 is 25.0 Å². The molecule has 0 unspecified atom stereocenters. The molecule has 0 aliphatic heterocycles. The van der Waals surface area contributed by atoms with Gasteiger partial charge in [-0.1, -0.05) is 23.2 Å². The number of urea groups is 1. The molecule has 2 amide bonds. The highest BCUT2D eigenvalue weighted by atomic mass is 35.5. The maximum atomic E-state index is 12.6. The van der Waals surface area contributed by atoms with Gasteiger partial charge in [-0.15, -0.1) is 0 Å². The van der Waals surface area contributed by atoms with Gasteiger partial charge in [0.2, 0.25) is 0 Å². The lowest BCUT2D eigenvalue weighted by molar-refractivity contribution is 0.258. The maximum Gasteiger partial charge on any atom is 0.327 e. The number of carbonyl (C=O) groups is 1. The van der Waals surface area contributed by atoms with Crippen molar-refractivity contribution in [2.75, 3.05) is 43.8 Å². The molecule has 0 saturated carbocycles. The zero-order chi connectivity index (χ0) is 18.6. The summed E-state index contributed by atoms with van der Waals surface area (Å²) in [5, 5.41) is 5.84. The molecule has 1 heterocycles. The topological polar surface area (TPSA) is 88.6 Å². The quantitative estimate of drug-likeness (QED) is 0.818. The molecule has 1 aromatic carbocycles. The smallest absolute Gasteiger partial charge is 0.327 e. The molecule has 0 aliphatic rings. The van der Waals surface area contributed by atoms with E-state index < -0.39 is 6.03 Å². The summed E-state index contributed by atoms with van der Waals surface area (Å²) in [6, 6.07) is 2.66. The van der Waals surface area contributed by atoms with Crippen molar-refractivity contribution in [2.24, 2.45) is 0 Å². The summed E-state index contributed by atoms with van der Waals surface area (Å²) < 4.78 is 10.4. The first-order chi connectivity index (χ1) is 11.9. The molecule has 8 nitrogen and oxygen atoms in total. The molecular formula is C15H17Cl2N5O3. The van der Waals surface area contributed by atoms with Crippen LogP contribution in [0.5, 0.6) is 11.5 Å². The van der Waals surface area contributed by atoms with Gasteiger partial charge in [-0.05, 0) is 0 Å². The van der Waals surface area contributed by atoms with Gasteiger partial charge < -0.3 is 20.1 Å². The Bertz CT molecular complexity index is 760. The first-order valence-electron chi connectivity index (χ1n) is 7.07. The summed E-state index contributed by atoms with van der Waals surface area (Å²) in [7, 11) is 6.17. The summed E-state index contributed by atoms with van der Waals surface area (Å²) in [5.41, 5.74) is 0.180. The number of halogens is 2. The van der Waals surface area contributed by atoms with Gasteiger partial charge in [0.15, 0.2) is 0 Å². The van der Waals surface area contributed by atoms with Gasteiger partial charge in [-0.3, -0.25) is 4.90 Å². The van der Waals surface area contributed by atoms with Gasteiger partial charge in [-0.2, -0.15) is 0 Å². The molecule has 2 aromatic rings. The Hall–Kier alpha value is -2.45. The van der Waals surface area contributed by atoms with E-state index in [2.05, 4.69) is 20.6 Å². The molecule has 10 heteroatoms. The number of ether oxygens (including phenoxy) is 2. The Morgan fingerprint density at radius 3 is 2.24 bits per heavy atom. The van der Waals surface area contributed by atoms with E-state index in [-0.39, 0.29) is 15.7 Å². The Balaban J connectivity index is 2.33. The highest BCUT2D eigenvalue weighted by molar-refractivity contribution is 6.41. The minimum absolute atomic E-state index is 0.161. The number of hydrogen-bond acceptors (Lipinski definition) is 6. The highest BCUT2D eigenvalue weighted by Crippen LogP contribution is 2.44. The fourth-order valence-corrected chi connectivity index (χ4v) is 2.55. The molecule has 0 aliphatic carbocycles. The van der Waals surface area contributed by atoms with E-state index >= 15 is 0 Å². The number of methoxy groups -OCH3 is 2. The Morgan fingerprint density at radius 1 is 1.12 bits per heavy atom. The average molecular weight is 386 g/mol. The molecule has 0 atom stereocenters. The van der Waals surface area contributed by atoms with E-state index in [0.29, 0.717) is 23.1 Å². The summed E-state index contributed by atoms with van der Waals surface area (Å²) in [5.74, 6) is 1.60. The first-order valence-corrected chi connectivity index (χ1v) is 7.83. The number of carbonyl (C=O) groups excluding carboxylic acids is 1. The van der Waals surface area contributed by atoms with Crippen LogP contribution >= 0.6 is 23.2 Å². The van der Waals surface area contributed by atoms with Crippen molar-refractivity contribution in [2.45, 2.75) is 0 Å². The second-order valence-corrected chi connectivity index (χ2v) is 5.54. The summed E-state index contributed by atoms with van der Waals surface area (Å²) in [6.07, 6.45) is 1.35. The fraction of sp³-hybridized carbons (Fsp3) is 0.267. The summed E-state index contributed by atoms with van der Waals surface area (Å²) >= 11 is 12.5.